The van der Waals surface area contributed by atoms with Crippen molar-refractivity contribution in [3.63, 3.8) is 0 Å². The van der Waals surface area contributed by atoms with Crippen molar-refractivity contribution in [2.45, 2.75) is 41.0 Å². The number of carbonyl (C=O) groups excluding carboxylic acids is 1. The van der Waals surface area contributed by atoms with Gasteiger partial charge in [0.1, 0.15) is 16.4 Å². The van der Waals surface area contributed by atoms with Crippen LogP contribution in [0.4, 0.5) is 4.79 Å². The van der Waals surface area contributed by atoms with Gasteiger partial charge in [-0.3, -0.25) is 0 Å². The largest absolute Gasteiger partial charge is 0.497 e. The number of sulfonamides is 1. The number of nitrogens with zero attached hydrogens (tertiary/aromatic N) is 5. The summed E-state index contributed by atoms with van der Waals surface area (Å²) in [4.78, 5) is 13.5. The van der Waals surface area contributed by atoms with E-state index in [2.05, 4.69) is 20.1 Å². The van der Waals surface area contributed by atoms with Gasteiger partial charge in [0.2, 0.25) is 15.8 Å². The van der Waals surface area contributed by atoms with E-state index < -0.39 is 36.0 Å². The first-order valence-electron chi connectivity index (χ1n) is 14.1. The quantitative estimate of drug-likeness (QED) is 0.214. The van der Waals surface area contributed by atoms with Crippen LogP contribution in [-0.2, 0) is 33.0 Å². The number of tetrazole rings is 1. The number of aromatic nitrogens is 4. The Balaban J connectivity index is 1.56. The fourth-order valence-corrected chi connectivity index (χ4v) is 9.77. The van der Waals surface area contributed by atoms with Gasteiger partial charge in [-0.15, -0.1) is 10.2 Å². The van der Waals surface area contributed by atoms with Gasteiger partial charge in [0, 0.05) is 23.2 Å². The van der Waals surface area contributed by atoms with Crippen molar-refractivity contribution < 1.29 is 31.1 Å². The highest BCUT2D eigenvalue weighted by molar-refractivity contribution is 14.1. The highest BCUT2D eigenvalue weighted by atomic mass is 127. The Labute approximate surface area is 280 Å². The van der Waals surface area contributed by atoms with Crippen LogP contribution in [0.2, 0.25) is 0 Å². The Morgan fingerprint density at radius 3 is 2.09 bits per heavy atom. The summed E-state index contributed by atoms with van der Waals surface area (Å²) in [6.07, 6.45) is 0.198. The third kappa shape index (κ3) is 7.26. The molecular formula is C29H32IN7O7S2. The molecule has 0 spiro atoms. The molecule has 0 saturated carbocycles. The predicted octanol–water partition coefficient (Wildman–Crippen LogP) is 2.81. The number of primary amides is 1. The molecule has 1 aliphatic rings. The Kier molecular flexibility index (Phi) is 10.1. The Hall–Kier alpha value is -3.81. The molecule has 3 N–H and O–H groups in total. The lowest BCUT2D eigenvalue weighted by molar-refractivity contribution is 0.196. The summed E-state index contributed by atoms with van der Waals surface area (Å²) in [5, 5.41) is 11.8. The minimum Gasteiger partial charge on any atom is -0.497 e. The molecule has 4 aromatic rings. The van der Waals surface area contributed by atoms with Gasteiger partial charge in [-0.2, -0.15) is 4.80 Å². The zero-order valence-corrected chi connectivity index (χ0v) is 28.7. The van der Waals surface area contributed by atoms with Crippen molar-refractivity contribution in [2.24, 2.45) is 5.73 Å². The lowest BCUT2D eigenvalue weighted by Crippen LogP contribution is -2.45. The fourth-order valence-electron chi connectivity index (χ4n) is 5.10. The maximum absolute atomic E-state index is 14.2. The molecular weight excluding hydrogens is 749 g/mol. The summed E-state index contributed by atoms with van der Waals surface area (Å²) in [6, 6.07) is 16.2. The SMILES string of the molecule is COc1ccc(CNS(=O)(=O)c2c(S(=O)(=O)C3CCN(C(N)=O)CC3)ccc(I)c2-c2nnn(Cc3ccc(OC)cc3)n2)cc1. The molecule has 3 aromatic carbocycles. The van der Waals surface area contributed by atoms with Gasteiger partial charge in [0.15, 0.2) is 9.84 Å². The molecule has 2 amide bonds. The zero-order valence-electron chi connectivity index (χ0n) is 25.0. The Morgan fingerprint density at radius 2 is 1.52 bits per heavy atom. The van der Waals surface area contributed by atoms with E-state index in [1.54, 1.807) is 43.5 Å². The molecule has 1 saturated heterocycles. The van der Waals surface area contributed by atoms with Crippen molar-refractivity contribution >= 4 is 48.5 Å². The molecule has 244 valence electrons. The maximum atomic E-state index is 14.2. The van der Waals surface area contributed by atoms with E-state index in [1.165, 1.54) is 28.9 Å². The maximum Gasteiger partial charge on any atom is 0.314 e. The number of hydrogen-bond acceptors (Lipinski definition) is 10. The predicted molar refractivity (Wildman–Crippen MR) is 176 cm³/mol. The Bertz CT molecular complexity index is 1930. The number of urea groups is 1. The van der Waals surface area contributed by atoms with E-state index in [9.17, 15) is 21.6 Å². The van der Waals surface area contributed by atoms with E-state index in [0.717, 1.165) is 5.56 Å². The number of sulfone groups is 1. The highest BCUT2D eigenvalue weighted by Crippen LogP contribution is 2.38. The van der Waals surface area contributed by atoms with E-state index in [4.69, 9.17) is 15.2 Å². The van der Waals surface area contributed by atoms with Gasteiger partial charge in [-0.05, 0) is 88.2 Å². The van der Waals surface area contributed by atoms with Crippen LogP contribution in [-0.4, -0.2) is 80.5 Å². The van der Waals surface area contributed by atoms with Crippen molar-refractivity contribution in [2.75, 3.05) is 27.3 Å². The molecule has 0 unspecified atom stereocenters. The second-order valence-corrected chi connectivity index (χ2v) is 15.5. The van der Waals surface area contributed by atoms with E-state index in [-0.39, 0.29) is 55.3 Å². The third-order valence-electron chi connectivity index (χ3n) is 7.62. The molecule has 1 aromatic heterocycles. The van der Waals surface area contributed by atoms with Gasteiger partial charge in [0.25, 0.3) is 0 Å². The molecule has 1 fully saturated rings. The third-order valence-corrected chi connectivity index (χ3v) is 12.4. The highest BCUT2D eigenvalue weighted by Gasteiger charge is 2.38. The number of ether oxygens (including phenoxy) is 2. The topological polar surface area (TPSA) is 189 Å². The molecule has 5 rings (SSSR count). The molecule has 46 heavy (non-hydrogen) atoms. The first-order chi connectivity index (χ1) is 21.9. The fraction of sp³-hybridized carbons (Fsp3) is 0.310. The minimum absolute atomic E-state index is 0.0134. The number of likely N-dealkylation sites (tertiary alicyclic amines) is 1. The lowest BCUT2D eigenvalue weighted by Gasteiger charge is -2.31. The monoisotopic (exact) mass is 781 g/mol. The minimum atomic E-state index is -4.49. The molecule has 1 aliphatic heterocycles. The van der Waals surface area contributed by atoms with Crippen LogP contribution in [0.5, 0.6) is 11.5 Å². The molecule has 17 heteroatoms. The second kappa shape index (κ2) is 13.9. The zero-order chi connectivity index (χ0) is 33.1. The number of benzene rings is 3. The lowest BCUT2D eigenvalue weighted by atomic mass is 10.1. The number of nitrogens with two attached hydrogens (primary N) is 1. The number of amides is 2. The Morgan fingerprint density at radius 1 is 0.935 bits per heavy atom. The standard InChI is InChI=1S/C29H32IN7O7S2/c1-43-21-7-3-19(4-8-21)17-32-46(41,42)27-25(45(39,40)23-13-15-36(16-14-23)29(31)38)12-11-24(30)26(27)28-33-35-37(34-28)18-20-5-9-22(44-2)10-6-20/h3-12,23,32H,13-18H2,1-2H3,(H2,31,38). The van der Waals surface area contributed by atoms with Gasteiger partial charge < -0.3 is 20.1 Å². The smallest absolute Gasteiger partial charge is 0.314 e. The molecule has 0 atom stereocenters. The van der Waals surface area contributed by atoms with Crippen LogP contribution in [0.25, 0.3) is 11.4 Å². The van der Waals surface area contributed by atoms with E-state index in [0.29, 0.717) is 20.6 Å². The van der Waals surface area contributed by atoms with Crippen molar-refractivity contribution in [3.05, 3.63) is 75.4 Å². The van der Waals surface area contributed by atoms with Crippen LogP contribution in [0.15, 0.2) is 70.5 Å². The van der Waals surface area contributed by atoms with Crippen LogP contribution < -0.4 is 19.9 Å². The number of carbonyl (C=O) groups is 1. The number of rotatable bonds is 11. The van der Waals surface area contributed by atoms with Gasteiger partial charge >= 0.3 is 6.03 Å². The number of nitrogens with one attached hydrogen (secondary N) is 1. The first-order valence-corrected chi connectivity index (χ1v) is 18.2. The van der Waals surface area contributed by atoms with Gasteiger partial charge in [-0.1, -0.05) is 24.3 Å². The summed E-state index contributed by atoms with van der Waals surface area (Å²) in [5.41, 5.74) is 6.87. The average molecular weight is 782 g/mol. The average Bonchev–Trinajstić information content (AvgIpc) is 3.52. The molecule has 0 bridgehead atoms. The van der Waals surface area contributed by atoms with Gasteiger partial charge in [0.05, 0.1) is 36.5 Å². The second-order valence-electron chi connectivity index (χ2n) is 10.5. The van der Waals surface area contributed by atoms with Crippen LogP contribution in [0.1, 0.15) is 24.0 Å². The van der Waals surface area contributed by atoms with Crippen molar-refractivity contribution in [1.29, 1.82) is 0 Å². The van der Waals surface area contributed by atoms with Crippen LogP contribution >= 0.6 is 22.6 Å². The summed E-state index contributed by atoms with van der Waals surface area (Å²) in [7, 11) is -5.62. The number of hydrogen-bond donors (Lipinski definition) is 2. The van der Waals surface area contributed by atoms with E-state index >= 15 is 0 Å². The van der Waals surface area contributed by atoms with E-state index in [1.807, 2.05) is 34.7 Å². The van der Waals surface area contributed by atoms with Crippen LogP contribution in [0.3, 0.4) is 0 Å². The van der Waals surface area contributed by atoms with Crippen molar-refractivity contribution in [1.82, 2.24) is 29.8 Å². The molecule has 0 radical (unpaired) electrons. The summed E-state index contributed by atoms with van der Waals surface area (Å²) in [5.74, 6) is 1.23. The molecule has 0 aliphatic carbocycles. The summed E-state index contributed by atoms with van der Waals surface area (Å²) in [6.45, 7) is 0.373. The molecule has 14 nitrogen and oxygen atoms in total. The molecule has 2 heterocycles. The number of piperidine rings is 1. The number of methoxy groups -OCH3 is 2. The normalized spacial score (nSPS) is 14.3. The summed E-state index contributed by atoms with van der Waals surface area (Å²) >= 11 is 1.94. The van der Waals surface area contributed by atoms with Crippen molar-refractivity contribution in [3.8, 4) is 22.9 Å². The number of halogens is 1. The summed E-state index contributed by atoms with van der Waals surface area (Å²) < 4.78 is 70.0. The first kappa shape index (κ1) is 33.6. The van der Waals surface area contributed by atoms with Gasteiger partial charge in [-0.25, -0.2) is 26.4 Å². The van der Waals surface area contributed by atoms with Crippen LogP contribution in [0, 0.1) is 3.57 Å².